The van der Waals surface area contributed by atoms with E-state index in [4.69, 9.17) is 0 Å². The zero-order valence-electron chi connectivity index (χ0n) is 10.3. The summed E-state index contributed by atoms with van der Waals surface area (Å²) in [6.07, 6.45) is 11.3. The van der Waals surface area contributed by atoms with Crippen molar-refractivity contribution in [3.8, 4) is 0 Å². The first kappa shape index (κ1) is 13.0. The largest absolute Gasteiger partial charge is 0.359 e. The van der Waals surface area contributed by atoms with Gasteiger partial charge in [-0.15, -0.1) is 0 Å². The Morgan fingerprint density at radius 2 is 1.81 bits per heavy atom. The summed E-state index contributed by atoms with van der Waals surface area (Å²) in [5.74, 6) is 0.249. The molecule has 0 amide bonds. The van der Waals surface area contributed by atoms with E-state index in [0.717, 1.165) is 12.1 Å². The van der Waals surface area contributed by atoms with Crippen LogP contribution in [0, 0.1) is 0 Å². The van der Waals surface area contributed by atoms with Crippen LogP contribution in [0.5, 0.6) is 0 Å². The molecule has 0 atom stereocenters. The molecule has 0 aliphatic rings. The van der Waals surface area contributed by atoms with Crippen LogP contribution in [0.25, 0.3) is 0 Å². The van der Waals surface area contributed by atoms with Gasteiger partial charge in [-0.2, -0.15) is 0 Å². The number of Topliss-reactive ketones (excluding diaryl/α,β-unsaturated/α-hetero) is 1. The number of unbranched alkanes of at least 4 members (excludes halogenated alkanes) is 6. The maximum atomic E-state index is 11.6. The molecule has 1 aromatic rings. The number of carbonyl (C=O) groups excluding carboxylic acids is 1. The molecule has 16 heavy (non-hydrogen) atoms. The Hall–Kier alpha value is -1.05. The topological polar surface area (TPSA) is 32.9 Å². The van der Waals surface area contributed by atoms with Gasteiger partial charge in [-0.05, 0) is 18.6 Å². The van der Waals surface area contributed by atoms with Crippen LogP contribution in [0.3, 0.4) is 0 Å². The Morgan fingerprint density at radius 1 is 1.12 bits per heavy atom. The second kappa shape index (κ2) is 8.14. The molecule has 0 aliphatic carbocycles. The van der Waals surface area contributed by atoms with Crippen LogP contribution in [0.4, 0.5) is 0 Å². The van der Waals surface area contributed by atoms with E-state index in [9.17, 15) is 4.79 Å². The Morgan fingerprint density at radius 3 is 2.44 bits per heavy atom. The second-order valence-electron chi connectivity index (χ2n) is 4.38. The summed E-state index contributed by atoms with van der Waals surface area (Å²) in [5.41, 5.74) is 0.756. The number of aromatic amines is 1. The molecule has 0 fully saturated rings. The smallest absolute Gasteiger partial charge is 0.178 e. The highest BCUT2D eigenvalue weighted by Gasteiger charge is 2.04. The van der Waals surface area contributed by atoms with Crippen molar-refractivity contribution in [3.63, 3.8) is 0 Å². The molecule has 0 saturated carbocycles. The average molecular weight is 221 g/mol. The van der Waals surface area contributed by atoms with Crippen LogP contribution < -0.4 is 0 Å². The Labute approximate surface area is 98.5 Å². The SMILES string of the molecule is CCCCCCCCCC(=O)c1ccc[nH]1. The molecular formula is C14H23NO. The summed E-state index contributed by atoms with van der Waals surface area (Å²) >= 11 is 0. The normalized spacial score (nSPS) is 10.6. The van der Waals surface area contributed by atoms with E-state index in [1.54, 1.807) is 6.20 Å². The monoisotopic (exact) mass is 221 g/mol. The van der Waals surface area contributed by atoms with Gasteiger partial charge in [0.1, 0.15) is 0 Å². The molecule has 2 nitrogen and oxygen atoms in total. The molecule has 1 N–H and O–H groups in total. The zero-order chi connectivity index (χ0) is 11.6. The summed E-state index contributed by atoms with van der Waals surface area (Å²) in [7, 11) is 0. The number of hydrogen-bond donors (Lipinski definition) is 1. The van der Waals surface area contributed by atoms with Crippen LogP contribution in [0.15, 0.2) is 18.3 Å². The summed E-state index contributed by atoms with van der Waals surface area (Å²) in [5, 5.41) is 0. The highest BCUT2D eigenvalue weighted by molar-refractivity contribution is 5.94. The van der Waals surface area contributed by atoms with Crippen LogP contribution in [-0.2, 0) is 0 Å². The minimum Gasteiger partial charge on any atom is -0.359 e. The van der Waals surface area contributed by atoms with E-state index < -0.39 is 0 Å². The van der Waals surface area contributed by atoms with Gasteiger partial charge >= 0.3 is 0 Å². The summed E-state index contributed by atoms with van der Waals surface area (Å²) in [6.45, 7) is 2.23. The van der Waals surface area contributed by atoms with Crippen molar-refractivity contribution in [2.24, 2.45) is 0 Å². The number of aromatic nitrogens is 1. The van der Waals surface area contributed by atoms with Gasteiger partial charge in [-0.3, -0.25) is 4.79 Å². The summed E-state index contributed by atoms with van der Waals surface area (Å²) in [6, 6.07) is 3.72. The van der Waals surface area contributed by atoms with Crippen LogP contribution >= 0.6 is 0 Å². The van der Waals surface area contributed by atoms with Crippen molar-refractivity contribution in [2.75, 3.05) is 0 Å². The van der Waals surface area contributed by atoms with Crippen molar-refractivity contribution in [1.82, 2.24) is 4.98 Å². The molecule has 0 spiro atoms. The van der Waals surface area contributed by atoms with Crippen molar-refractivity contribution in [3.05, 3.63) is 24.0 Å². The minimum atomic E-state index is 0.249. The third kappa shape index (κ3) is 5.15. The Balaban J connectivity index is 1.97. The van der Waals surface area contributed by atoms with Gasteiger partial charge in [0.2, 0.25) is 0 Å². The average Bonchev–Trinajstić information content (AvgIpc) is 2.81. The van der Waals surface area contributed by atoms with Gasteiger partial charge in [0, 0.05) is 12.6 Å². The van der Waals surface area contributed by atoms with Gasteiger partial charge in [-0.1, -0.05) is 45.4 Å². The molecule has 0 saturated heterocycles. The molecule has 0 unspecified atom stereocenters. The van der Waals surface area contributed by atoms with Crippen molar-refractivity contribution in [2.45, 2.75) is 58.3 Å². The third-order valence-electron chi connectivity index (χ3n) is 2.91. The molecule has 0 bridgehead atoms. The fraction of sp³-hybridized carbons (Fsp3) is 0.643. The molecular weight excluding hydrogens is 198 g/mol. The Kier molecular flexibility index (Phi) is 6.62. The van der Waals surface area contributed by atoms with Gasteiger partial charge in [0.15, 0.2) is 5.78 Å². The van der Waals surface area contributed by atoms with Crippen molar-refractivity contribution >= 4 is 5.78 Å². The maximum Gasteiger partial charge on any atom is 0.178 e. The predicted octanol–water partition coefficient (Wildman–Crippen LogP) is 4.34. The summed E-state index contributed by atoms with van der Waals surface area (Å²) < 4.78 is 0. The van der Waals surface area contributed by atoms with Crippen LogP contribution in [0.2, 0.25) is 0 Å². The van der Waals surface area contributed by atoms with Gasteiger partial charge in [-0.25, -0.2) is 0 Å². The van der Waals surface area contributed by atoms with E-state index in [1.807, 2.05) is 12.1 Å². The number of nitrogens with one attached hydrogen (secondary N) is 1. The second-order valence-corrected chi connectivity index (χ2v) is 4.38. The number of carbonyl (C=O) groups is 1. The van der Waals surface area contributed by atoms with E-state index in [-0.39, 0.29) is 5.78 Å². The van der Waals surface area contributed by atoms with E-state index in [1.165, 1.54) is 38.5 Å². The van der Waals surface area contributed by atoms with Gasteiger partial charge in [0.05, 0.1) is 5.69 Å². The molecule has 0 radical (unpaired) electrons. The van der Waals surface area contributed by atoms with Crippen LogP contribution in [-0.4, -0.2) is 10.8 Å². The molecule has 1 heterocycles. The molecule has 90 valence electrons. The third-order valence-corrected chi connectivity index (χ3v) is 2.91. The van der Waals surface area contributed by atoms with E-state index in [0.29, 0.717) is 6.42 Å². The number of hydrogen-bond acceptors (Lipinski definition) is 1. The lowest BCUT2D eigenvalue weighted by atomic mass is 10.1. The number of H-pyrrole nitrogens is 1. The first-order chi connectivity index (χ1) is 7.84. The molecule has 0 aliphatic heterocycles. The number of ketones is 1. The quantitative estimate of drug-likeness (QED) is 0.488. The lowest BCUT2D eigenvalue weighted by Gasteiger charge is -2.00. The number of rotatable bonds is 9. The lowest BCUT2D eigenvalue weighted by molar-refractivity contribution is 0.0975. The van der Waals surface area contributed by atoms with Crippen molar-refractivity contribution < 1.29 is 4.79 Å². The first-order valence-corrected chi connectivity index (χ1v) is 6.51. The maximum absolute atomic E-state index is 11.6. The minimum absolute atomic E-state index is 0.249. The van der Waals surface area contributed by atoms with Crippen LogP contribution in [0.1, 0.15) is 68.8 Å². The summed E-state index contributed by atoms with van der Waals surface area (Å²) in [4.78, 5) is 14.6. The highest BCUT2D eigenvalue weighted by atomic mass is 16.1. The Bertz CT molecular complexity index is 277. The van der Waals surface area contributed by atoms with E-state index >= 15 is 0 Å². The van der Waals surface area contributed by atoms with Gasteiger partial charge < -0.3 is 4.98 Å². The zero-order valence-corrected chi connectivity index (χ0v) is 10.3. The molecule has 0 aromatic carbocycles. The lowest BCUT2D eigenvalue weighted by Crippen LogP contribution is -1.98. The first-order valence-electron chi connectivity index (χ1n) is 6.51. The van der Waals surface area contributed by atoms with E-state index in [2.05, 4.69) is 11.9 Å². The van der Waals surface area contributed by atoms with Crippen molar-refractivity contribution in [1.29, 1.82) is 0 Å². The predicted molar refractivity (Wildman–Crippen MR) is 67.7 cm³/mol. The fourth-order valence-electron chi connectivity index (χ4n) is 1.88. The molecule has 1 aromatic heterocycles. The fourth-order valence-corrected chi connectivity index (χ4v) is 1.88. The molecule has 2 heteroatoms. The standard InChI is InChI=1S/C14H23NO/c1-2-3-4-5-6-7-8-11-14(16)13-10-9-12-15-13/h9-10,12,15H,2-8,11H2,1H3. The van der Waals surface area contributed by atoms with Gasteiger partial charge in [0.25, 0.3) is 0 Å². The highest BCUT2D eigenvalue weighted by Crippen LogP contribution is 2.10. The molecule has 1 rings (SSSR count).